The Morgan fingerprint density at radius 3 is 2.70 bits per heavy atom. The van der Waals surface area contributed by atoms with E-state index in [1.165, 1.54) is 4.90 Å². The molecular weight excluding hydrogens is 290 g/mol. The first-order chi connectivity index (χ1) is 11.2. The quantitative estimate of drug-likeness (QED) is 0.722. The topological polar surface area (TPSA) is 46.6 Å². The van der Waals surface area contributed by atoms with E-state index in [-0.39, 0.29) is 11.9 Å². The van der Waals surface area contributed by atoms with E-state index in [1.807, 2.05) is 30.3 Å². The van der Waals surface area contributed by atoms with E-state index in [2.05, 4.69) is 13.8 Å². The number of imide groups is 1. The molecule has 0 spiro atoms. The second-order valence-corrected chi connectivity index (χ2v) is 6.30. The number of amides is 2. The van der Waals surface area contributed by atoms with Gasteiger partial charge in [-0.15, -0.1) is 0 Å². The number of benzene rings is 1. The van der Waals surface area contributed by atoms with Crippen molar-refractivity contribution in [3.05, 3.63) is 35.9 Å². The van der Waals surface area contributed by atoms with Crippen molar-refractivity contribution in [1.29, 1.82) is 0 Å². The van der Waals surface area contributed by atoms with Crippen molar-refractivity contribution in [1.82, 2.24) is 4.90 Å². The lowest BCUT2D eigenvalue weighted by Gasteiger charge is -2.22. The van der Waals surface area contributed by atoms with E-state index in [0.29, 0.717) is 25.4 Å². The third kappa shape index (κ3) is 4.81. The molecule has 126 valence electrons. The summed E-state index contributed by atoms with van der Waals surface area (Å²) in [7, 11) is 0. The van der Waals surface area contributed by atoms with Gasteiger partial charge in [-0.05, 0) is 24.3 Å². The molecule has 1 heterocycles. The molecule has 2 amide bonds. The van der Waals surface area contributed by atoms with Crippen LogP contribution in [0, 0.1) is 5.92 Å². The van der Waals surface area contributed by atoms with E-state index in [4.69, 9.17) is 4.74 Å². The maximum absolute atomic E-state index is 12.6. The number of nitrogens with zero attached hydrogens (tertiary/aromatic N) is 1. The molecule has 0 radical (unpaired) electrons. The number of ether oxygens (including phenoxy) is 1. The fourth-order valence-electron chi connectivity index (χ4n) is 3.09. The first-order valence-electron chi connectivity index (χ1n) is 8.68. The van der Waals surface area contributed by atoms with Crippen LogP contribution in [0.3, 0.4) is 0 Å². The van der Waals surface area contributed by atoms with Gasteiger partial charge < -0.3 is 4.74 Å². The molecule has 2 rings (SSSR count). The van der Waals surface area contributed by atoms with Crippen LogP contribution >= 0.6 is 0 Å². The molecule has 1 unspecified atom stereocenters. The molecule has 1 aliphatic rings. The van der Waals surface area contributed by atoms with Gasteiger partial charge in [0.2, 0.25) is 5.91 Å². The van der Waals surface area contributed by atoms with Crippen LogP contribution in [0.4, 0.5) is 4.79 Å². The molecule has 0 N–H and O–H groups in total. The highest BCUT2D eigenvalue weighted by Crippen LogP contribution is 2.23. The molecule has 2 atom stereocenters. The smallest absolute Gasteiger partial charge is 0.416 e. The van der Waals surface area contributed by atoms with Crippen LogP contribution in [0.2, 0.25) is 0 Å². The second kappa shape index (κ2) is 8.70. The Bertz CT molecular complexity index is 515. The van der Waals surface area contributed by atoms with Gasteiger partial charge in [-0.25, -0.2) is 9.69 Å². The van der Waals surface area contributed by atoms with E-state index in [0.717, 1.165) is 31.2 Å². The zero-order chi connectivity index (χ0) is 16.7. The Hall–Kier alpha value is -1.84. The molecule has 1 aromatic rings. The number of carbonyl (C=O) groups excluding carboxylic acids is 2. The standard InChI is InChI=1S/C19H27NO3/c1-3-5-9-15(4-2)13-18(21)20-17(14-23-19(20)22)12-16-10-7-6-8-11-16/h6-8,10-11,15,17H,3-5,9,12-14H2,1-2H3/t15?,17-/m1/s1. The van der Waals surface area contributed by atoms with Gasteiger partial charge in [-0.3, -0.25) is 4.79 Å². The van der Waals surface area contributed by atoms with Crippen molar-refractivity contribution in [3.63, 3.8) is 0 Å². The molecule has 4 nitrogen and oxygen atoms in total. The molecular formula is C19H27NO3. The summed E-state index contributed by atoms with van der Waals surface area (Å²) in [5.74, 6) is 0.268. The zero-order valence-corrected chi connectivity index (χ0v) is 14.2. The van der Waals surface area contributed by atoms with Crippen LogP contribution in [0.1, 0.15) is 51.5 Å². The first kappa shape index (κ1) is 17.5. The predicted octanol–water partition coefficient (Wildman–Crippen LogP) is 4.18. The maximum Gasteiger partial charge on any atom is 0.416 e. The van der Waals surface area contributed by atoms with E-state index < -0.39 is 6.09 Å². The van der Waals surface area contributed by atoms with E-state index in [1.54, 1.807) is 0 Å². The minimum absolute atomic E-state index is 0.0867. The minimum atomic E-state index is -0.485. The van der Waals surface area contributed by atoms with Crippen LogP contribution < -0.4 is 0 Å². The Morgan fingerprint density at radius 1 is 1.30 bits per heavy atom. The van der Waals surface area contributed by atoms with Crippen LogP contribution in [0.5, 0.6) is 0 Å². The average molecular weight is 317 g/mol. The third-order valence-corrected chi connectivity index (χ3v) is 4.55. The summed E-state index contributed by atoms with van der Waals surface area (Å²) in [5.41, 5.74) is 1.12. The summed E-state index contributed by atoms with van der Waals surface area (Å²) in [6.07, 6.45) is 4.89. The van der Waals surface area contributed by atoms with Crippen molar-refractivity contribution in [2.45, 2.75) is 58.4 Å². The molecule has 4 heteroatoms. The Labute approximate surface area is 138 Å². The lowest BCUT2D eigenvalue weighted by atomic mass is 9.95. The zero-order valence-electron chi connectivity index (χ0n) is 14.2. The third-order valence-electron chi connectivity index (χ3n) is 4.55. The molecule has 0 saturated carbocycles. The van der Waals surface area contributed by atoms with E-state index >= 15 is 0 Å². The highest BCUT2D eigenvalue weighted by atomic mass is 16.6. The van der Waals surface area contributed by atoms with Crippen LogP contribution in [0.25, 0.3) is 0 Å². The summed E-state index contributed by atoms with van der Waals surface area (Å²) >= 11 is 0. The number of carbonyl (C=O) groups is 2. The van der Waals surface area contributed by atoms with Gasteiger partial charge in [0.25, 0.3) is 0 Å². The number of hydrogen-bond donors (Lipinski definition) is 0. The normalized spacial score (nSPS) is 18.8. The number of rotatable bonds is 8. The van der Waals surface area contributed by atoms with Gasteiger partial charge in [0.05, 0.1) is 6.04 Å². The summed E-state index contributed by atoms with van der Waals surface area (Å²) in [6, 6.07) is 9.75. The van der Waals surface area contributed by atoms with Crippen LogP contribution in [-0.4, -0.2) is 29.5 Å². The summed E-state index contributed by atoms with van der Waals surface area (Å²) < 4.78 is 5.13. The van der Waals surface area contributed by atoms with Gasteiger partial charge in [-0.1, -0.05) is 63.4 Å². The summed E-state index contributed by atoms with van der Waals surface area (Å²) in [6.45, 7) is 4.56. The molecule has 0 aliphatic carbocycles. The highest BCUT2D eigenvalue weighted by Gasteiger charge is 2.38. The van der Waals surface area contributed by atoms with Gasteiger partial charge in [0.1, 0.15) is 6.61 Å². The fourth-order valence-corrected chi connectivity index (χ4v) is 3.09. The second-order valence-electron chi connectivity index (χ2n) is 6.30. The van der Waals surface area contributed by atoms with Gasteiger partial charge in [0, 0.05) is 6.42 Å². The molecule has 0 aromatic heterocycles. The summed E-state index contributed by atoms with van der Waals surface area (Å²) in [5, 5.41) is 0. The van der Waals surface area contributed by atoms with Crippen molar-refractivity contribution >= 4 is 12.0 Å². The predicted molar refractivity (Wildman–Crippen MR) is 90.1 cm³/mol. The van der Waals surface area contributed by atoms with Crippen molar-refractivity contribution in [3.8, 4) is 0 Å². The van der Waals surface area contributed by atoms with Crippen LogP contribution in [0.15, 0.2) is 30.3 Å². The molecule has 0 bridgehead atoms. The minimum Gasteiger partial charge on any atom is -0.447 e. The average Bonchev–Trinajstić information content (AvgIpc) is 2.92. The monoisotopic (exact) mass is 317 g/mol. The molecule has 1 aliphatic heterocycles. The van der Waals surface area contributed by atoms with Crippen molar-refractivity contribution < 1.29 is 14.3 Å². The van der Waals surface area contributed by atoms with Crippen molar-refractivity contribution in [2.75, 3.05) is 6.61 Å². The summed E-state index contributed by atoms with van der Waals surface area (Å²) in [4.78, 5) is 25.9. The Morgan fingerprint density at radius 2 is 2.04 bits per heavy atom. The number of cyclic esters (lactones) is 1. The van der Waals surface area contributed by atoms with Gasteiger partial charge >= 0.3 is 6.09 Å². The van der Waals surface area contributed by atoms with Crippen molar-refractivity contribution in [2.24, 2.45) is 5.92 Å². The fraction of sp³-hybridized carbons (Fsp3) is 0.579. The molecule has 23 heavy (non-hydrogen) atoms. The SMILES string of the molecule is CCCCC(CC)CC(=O)N1C(=O)OC[C@H]1Cc1ccccc1. The number of hydrogen-bond acceptors (Lipinski definition) is 3. The molecule has 1 aromatic carbocycles. The largest absolute Gasteiger partial charge is 0.447 e. The lowest BCUT2D eigenvalue weighted by molar-refractivity contribution is -0.130. The van der Waals surface area contributed by atoms with Crippen LogP contribution in [-0.2, 0) is 16.0 Å². The molecule has 1 fully saturated rings. The van der Waals surface area contributed by atoms with Gasteiger partial charge in [-0.2, -0.15) is 0 Å². The lowest BCUT2D eigenvalue weighted by Crippen LogP contribution is -2.40. The maximum atomic E-state index is 12.6. The highest BCUT2D eigenvalue weighted by molar-refractivity contribution is 5.93. The van der Waals surface area contributed by atoms with E-state index in [9.17, 15) is 9.59 Å². The van der Waals surface area contributed by atoms with Gasteiger partial charge in [0.15, 0.2) is 0 Å². The first-order valence-corrected chi connectivity index (χ1v) is 8.68. The Balaban J connectivity index is 1.99. The number of unbranched alkanes of at least 4 members (excludes halogenated alkanes) is 1. The molecule has 1 saturated heterocycles. The Kier molecular flexibility index (Phi) is 6.63.